The summed E-state index contributed by atoms with van der Waals surface area (Å²) >= 11 is 7.14. The molecule has 24 heavy (non-hydrogen) atoms. The van der Waals surface area contributed by atoms with E-state index in [0.29, 0.717) is 21.8 Å². The Balaban J connectivity index is 1.93. The maximum absolute atomic E-state index is 11.7. The summed E-state index contributed by atoms with van der Waals surface area (Å²) in [6.45, 7) is 3.77. The zero-order valence-electron chi connectivity index (χ0n) is 13.2. The van der Waals surface area contributed by atoms with E-state index in [1.807, 2.05) is 17.0 Å². The van der Waals surface area contributed by atoms with Crippen LogP contribution in [-0.2, 0) is 0 Å². The summed E-state index contributed by atoms with van der Waals surface area (Å²) in [7, 11) is 0. The third-order valence-electron chi connectivity index (χ3n) is 4.06. The van der Waals surface area contributed by atoms with Crippen molar-refractivity contribution in [3.63, 3.8) is 0 Å². The molecule has 8 heteroatoms. The number of benzene rings is 1. The molecule has 1 saturated heterocycles. The van der Waals surface area contributed by atoms with Gasteiger partial charge in [0.15, 0.2) is 5.03 Å². The van der Waals surface area contributed by atoms with Crippen LogP contribution < -0.4 is 4.90 Å². The van der Waals surface area contributed by atoms with E-state index in [2.05, 4.69) is 16.9 Å². The van der Waals surface area contributed by atoms with Crippen LogP contribution in [0.15, 0.2) is 40.5 Å². The number of nitrogens with zero attached hydrogens (tertiary/aromatic N) is 4. The molecule has 0 atom stereocenters. The van der Waals surface area contributed by atoms with E-state index in [1.165, 1.54) is 18.1 Å². The van der Waals surface area contributed by atoms with Crippen molar-refractivity contribution < 1.29 is 4.92 Å². The summed E-state index contributed by atoms with van der Waals surface area (Å²) in [5, 5.41) is 12.6. The topological polar surface area (TPSA) is 72.2 Å². The van der Waals surface area contributed by atoms with Crippen LogP contribution in [0.4, 0.5) is 11.5 Å². The number of aromatic nitrogens is 2. The first-order valence-corrected chi connectivity index (χ1v) is 8.92. The van der Waals surface area contributed by atoms with Gasteiger partial charge in [-0.15, -0.1) is 0 Å². The van der Waals surface area contributed by atoms with E-state index in [1.54, 1.807) is 12.1 Å². The molecule has 0 aliphatic carbocycles. The third-order valence-corrected chi connectivity index (χ3v) is 5.32. The number of rotatable bonds is 4. The lowest BCUT2D eigenvalue weighted by molar-refractivity contribution is -0.387. The van der Waals surface area contributed by atoms with Crippen LogP contribution in [0.2, 0.25) is 5.02 Å². The zero-order valence-corrected chi connectivity index (χ0v) is 14.8. The smallest absolute Gasteiger partial charge is 0.343 e. The van der Waals surface area contributed by atoms with E-state index in [4.69, 9.17) is 11.6 Å². The van der Waals surface area contributed by atoms with E-state index in [9.17, 15) is 10.1 Å². The second-order valence-electron chi connectivity index (χ2n) is 5.83. The van der Waals surface area contributed by atoms with Gasteiger partial charge in [0.2, 0.25) is 5.82 Å². The average molecular weight is 365 g/mol. The predicted octanol–water partition coefficient (Wildman–Crippen LogP) is 4.43. The molecule has 0 radical (unpaired) electrons. The van der Waals surface area contributed by atoms with Crippen LogP contribution in [0.1, 0.15) is 19.8 Å². The molecule has 1 fully saturated rings. The average Bonchev–Trinajstić information content (AvgIpc) is 2.57. The van der Waals surface area contributed by atoms with Gasteiger partial charge in [0.05, 0.1) is 4.92 Å². The molecule has 0 N–H and O–H groups in total. The molecule has 0 unspecified atom stereocenters. The number of hydrogen-bond acceptors (Lipinski definition) is 6. The first kappa shape index (κ1) is 17.0. The van der Waals surface area contributed by atoms with Gasteiger partial charge in [-0.1, -0.05) is 30.3 Å². The molecule has 0 spiro atoms. The first-order valence-electron chi connectivity index (χ1n) is 7.72. The molecule has 0 saturated carbocycles. The summed E-state index contributed by atoms with van der Waals surface area (Å²) in [5.41, 5.74) is -0.0213. The fourth-order valence-electron chi connectivity index (χ4n) is 2.65. The van der Waals surface area contributed by atoms with Crippen LogP contribution in [0, 0.1) is 16.0 Å². The maximum atomic E-state index is 11.7. The Morgan fingerprint density at radius 1 is 1.25 bits per heavy atom. The maximum Gasteiger partial charge on any atom is 0.343 e. The van der Waals surface area contributed by atoms with Crippen LogP contribution in [-0.4, -0.2) is 28.0 Å². The molecular formula is C16H17ClN4O2S. The Kier molecular flexibility index (Phi) is 5.20. The monoisotopic (exact) mass is 364 g/mol. The molecule has 0 bridgehead atoms. The highest BCUT2D eigenvalue weighted by atomic mass is 35.5. The number of piperidine rings is 1. The Hall–Kier alpha value is -1.86. The van der Waals surface area contributed by atoms with Crippen molar-refractivity contribution in [1.29, 1.82) is 0 Å². The van der Waals surface area contributed by atoms with Gasteiger partial charge in [0, 0.05) is 23.0 Å². The Labute approximate surface area is 149 Å². The van der Waals surface area contributed by atoms with Gasteiger partial charge in [-0.2, -0.15) is 0 Å². The molecule has 3 rings (SSSR count). The fourth-order valence-corrected chi connectivity index (χ4v) is 3.64. The summed E-state index contributed by atoms with van der Waals surface area (Å²) in [4.78, 5) is 22.5. The molecule has 6 nitrogen and oxygen atoms in total. The molecule has 1 aromatic carbocycles. The molecular weight excluding hydrogens is 348 g/mol. The minimum atomic E-state index is -0.383. The molecule has 2 heterocycles. The number of hydrogen-bond donors (Lipinski definition) is 0. The third kappa shape index (κ3) is 3.79. The molecule has 126 valence electrons. The minimum absolute atomic E-state index is 0.0213. The van der Waals surface area contributed by atoms with Crippen LogP contribution in [0.25, 0.3) is 0 Å². The highest BCUT2D eigenvalue weighted by molar-refractivity contribution is 7.99. The summed E-state index contributed by atoms with van der Waals surface area (Å²) in [5.74, 6) is 1.06. The second-order valence-corrected chi connectivity index (χ2v) is 7.33. The van der Waals surface area contributed by atoms with Gasteiger partial charge in [-0.25, -0.2) is 9.97 Å². The zero-order chi connectivity index (χ0) is 17.1. The Bertz CT molecular complexity index is 733. The Morgan fingerprint density at radius 2 is 1.92 bits per heavy atom. The predicted molar refractivity (Wildman–Crippen MR) is 94.9 cm³/mol. The van der Waals surface area contributed by atoms with E-state index < -0.39 is 0 Å². The molecule has 0 amide bonds. The van der Waals surface area contributed by atoms with Crippen molar-refractivity contribution in [2.24, 2.45) is 5.92 Å². The van der Waals surface area contributed by atoms with E-state index in [-0.39, 0.29) is 10.6 Å². The SMILES string of the molecule is CC1CCN(c2ncnc(Sc3ccc(Cl)cc3)c2[N+](=O)[O-])CC1. The summed E-state index contributed by atoms with van der Waals surface area (Å²) < 4.78 is 0. The lowest BCUT2D eigenvalue weighted by Gasteiger charge is -2.30. The normalized spacial score (nSPS) is 15.5. The highest BCUT2D eigenvalue weighted by Crippen LogP contribution is 2.39. The lowest BCUT2D eigenvalue weighted by Crippen LogP contribution is -2.34. The van der Waals surface area contributed by atoms with Crippen LogP contribution in [0.5, 0.6) is 0 Å². The van der Waals surface area contributed by atoms with Gasteiger partial charge in [0.25, 0.3) is 0 Å². The van der Waals surface area contributed by atoms with E-state index in [0.717, 1.165) is 30.8 Å². The van der Waals surface area contributed by atoms with Crippen molar-refractivity contribution in [1.82, 2.24) is 9.97 Å². The standard InChI is InChI=1S/C16H17ClN4O2S/c1-11-6-8-20(9-7-11)15-14(21(22)23)16(19-10-18-15)24-13-4-2-12(17)3-5-13/h2-5,10-11H,6-9H2,1H3. The fraction of sp³-hybridized carbons (Fsp3) is 0.375. The summed E-state index contributed by atoms with van der Waals surface area (Å²) in [6, 6.07) is 7.15. The number of halogens is 1. The second kappa shape index (κ2) is 7.36. The van der Waals surface area contributed by atoms with Gasteiger partial charge >= 0.3 is 5.69 Å². The quantitative estimate of drug-likeness (QED) is 0.454. The number of nitro groups is 1. The largest absolute Gasteiger partial charge is 0.351 e. The van der Waals surface area contributed by atoms with Crippen molar-refractivity contribution in [2.75, 3.05) is 18.0 Å². The molecule has 1 aliphatic rings. The van der Waals surface area contributed by atoms with Crippen molar-refractivity contribution >= 4 is 34.9 Å². The minimum Gasteiger partial charge on any atom is -0.351 e. The summed E-state index contributed by atoms with van der Waals surface area (Å²) in [6.07, 6.45) is 3.43. The number of anilines is 1. The molecule has 1 aliphatic heterocycles. The van der Waals surface area contributed by atoms with E-state index >= 15 is 0 Å². The molecule has 2 aromatic rings. The molecule has 1 aromatic heterocycles. The van der Waals surface area contributed by atoms with Crippen molar-refractivity contribution in [2.45, 2.75) is 29.7 Å². The first-order chi connectivity index (χ1) is 11.5. The van der Waals surface area contributed by atoms with Crippen molar-refractivity contribution in [3.05, 3.63) is 45.7 Å². The van der Waals surface area contributed by atoms with Gasteiger partial charge in [0.1, 0.15) is 6.33 Å². The van der Waals surface area contributed by atoms with Gasteiger partial charge in [-0.05, 0) is 43.0 Å². The lowest BCUT2D eigenvalue weighted by atomic mass is 9.99. The van der Waals surface area contributed by atoms with Crippen molar-refractivity contribution in [3.8, 4) is 0 Å². The Morgan fingerprint density at radius 3 is 2.54 bits per heavy atom. The van der Waals surface area contributed by atoms with Gasteiger partial charge in [-0.3, -0.25) is 10.1 Å². The van der Waals surface area contributed by atoms with Crippen LogP contribution >= 0.6 is 23.4 Å². The van der Waals surface area contributed by atoms with Crippen LogP contribution in [0.3, 0.4) is 0 Å². The van der Waals surface area contributed by atoms with Gasteiger partial charge < -0.3 is 4.90 Å². The highest BCUT2D eigenvalue weighted by Gasteiger charge is 2.29.